The molecule has 0 saturated heterocycles. The molecule has 0 aromatic heterocycles. The predicted molar refractivity (Wildman–Crippen MR) is 84.6 cm³/mol. The summed E-state index contributed by atoms with van der Waals surface area (Å²) in [6, 6.07) is 14.5. The van der Waals surface area contributed by atoms with Crippen molar-refractivity contribution in [2.24, 2.45) is 0 Å². The molecule has 0 atom stereocenters. The number of ether oxygens (including phenoxy) is 1. The van der Waals surface area contributed by atoms with Crippen LogP contribution in [0.4, 0.5) is 0 Å². The van der Waals surface area contributed by atoms with Crippen LogP contribution in [0.1, 0.15) is 17.3 Å². The number of aliphatic hydroxyl groups excluding tert-OH is 1. The topological polar surface area (TPSA) is 63.6 Å². The molecule has 0 saturated carbocycles. The normalized spacial score (nSPS) is 10.3. The van der Waals surface area contributed by atoms with Gasteiger partial charge in [0.15, 0.2) is 5.78 Å². The number of carbonyl (C=O) groups excluding carboxylic acids is 2. The number of ketones is 2. The summed E-state index contributed by atoms with van der Waals surface area (Å²) in [5.74, 6) is -0.221. The van der Waals surface area contributed by atoms with E-state index in [9.17, 15) is 9.59 Å². The summed E-state index contributed by atoms with van der Waals surface area (Å²) in [5.41, 5.74) is 0.407. The van der Waals surface area contributed by atoms with E-state index in [1.54, 1.807) is 23.9 Å². The minimum Gasteiger partial charge on any atom is -0.491 e. The molecule has 114 valence electrons. The number of carbonyl (C=O) groups is 2. The second-order valence-corrected chi connectivity index (χ2v) is 5.70. The van der Waals surface area contributed by atoms with Crippen LogP contribution in [0.5, 0.6) is 5.75 Å². The molecule has 0 spiro atoms. The number of rotatable bonds is 7. The molecular formula is C17H16O4S. The van der Waals surface area contributed by atoms with Gasteiger partial charge in [-0.3, -0.25) is 9.59 Å². The fourth-order valence-corrected chi connectivity index (χ4v) is 2.60. The Morgan fingerprint density at radius 3 is 2.05 bits per heavy atom. The zero-order valence-corrected chi connectivity index (χ0v) is 12.9. The van der Waals surface area contributed by atoms with Crippen LogP contribution in [0.2, 0.25) is 0 Å². The number of hydrogen-bond donors (Lipinski definition) is 1. The van der Waals surface area contributed by atoms with Crippen LogP contribution in [-0.2, 0) is 4.79 Å². The van der Waals surface area contributed by atoms with E-state index in [4.69, 9.17) is 9.84 Å². The van der Waals surface area contributed by atoms with Crippen LogP contribution in [0.3, 0.4) is 0 Å². The molecule has 0 unspecified atom stereocenters. The van der Waals surface area contributed by atoms with E-state index in [0.717, 1.165) is 9.79 Å². The lowest BCUT2D eigenvalue weighted by Crippen LogP contribution is -2.09. The fraction of sp³-hybridized carbons (Fsp3) is 0.176. The van der Waals surface area contributed by atoms with Gasteiger partial charge in [0.25, 0.3) is 0 Å². The van der Waals surface area contributed by atoms with Crippen LogP contribution < -0.4 is 4.74 Å². The minimum atomic E-state index is -0.470. The summed E-state index contributed by atoms with van der Waals surface area (Å²) in [6.45, 7) is 1.53. The van der Waals surface area contributed by atoms with Crippen LogP contribution in [-0.4, -0.2) is 29.9 Å². The lowest BCUT2D eigenvalue weighted by molar-refractivity contribution is -0.113. The number of benzene rings is 2. The van der Waals surface area contributed by atoms with Crippen molar-refractivity contribution in [1.29, 1.82) is 0 Å². The molecule has 4 nitrogen and oxygen atoms in total. The Kier molecular flexibility index (Phi) is 5.75. The Balaban J connectivity index is 2.01. The smallest absolute Gasteiger partial charge is 0.228 e. The second kappa shape index (κ2) is 7.77. The summed E-state index contributed by atoms with van der Waals surface area (Å²) >= 11 is 1.55. The van der Waals surface area contributed by atoms with Gasteiger partial charge in [0.2, 0.25) is 5.78 Å². The Morgan fingerprint density at radius 1 is 1.00 bits per heavy atom. The van der Waals surface area contributed by atoms with E-state index in [-0.39, 0.29) is 13.2 Å². The third kappa shape index (κ3) is 4.44. The van der Waals surface area contributed by atoms with E-state index in [1.165, 1.54) is 6.92 Å². The molecular weight excluding hydrogens is 300 g/mol. The van der Waals surface area contributed by atoms with Gasteiger partial charge in [-0.25, -0.2) is 0 Å². The standard InChI is InChI=1S/C17H16O4S/c1-12(19)17(20)13-2-6-15(7-3-13)22-16-8-4-14(5-9-16)21-11-10-18/h2-9,18H,10-11H2,1H3. The van der Waals surface area contributed by atoms with Crippen LogP contribution in [0.25, 0.3) is 0 Å². The highest BCUT2D eigenvalue weighted by atomic mass is 32.2. The predicted octanol–water partition coefficient (Wildman–Crippen LogP) is 2.98. The third-order valence-electron chi connectivity index (χ3n) is 2.86. The highest BCUT2D eigenvalue weighted by molar-refractivity contribution is 7.99. The van der Waals surface area contributed by atoms with Crippen molar-refractivity contribution in [3.8, 4) is 5.75 Å². The summed E-state index contributed by atoms with van der Waals surface area (Å²) < 4.78 is 5.30. The molecule has 0 aliphatic heterocycles. The molecule has 1 N–H and O–H groups in total. The summed E-state index contributed by atoms with van der Waals surface area (Å²) in [7, 11) is 0. The summed E-state index contributed by atoms with van der Waals surface area (Å²) in [5, 5.41) is 8.70. The average molecular weight is 316 g/mol. The van der Waals surface area contributed by atoms with Gasteiger partial charge in [-0.2, -0.15) is 0 Å². The molecule has 2 aromatic carbocycles. The first-order valence-corrected chi connectivity index (χ1v) is 7.58. The Labute approximate surface area is 133 Å². The number of Topliss-reactive ketones (excluding diaryl/α,β-unsaturated/α-hetero) is 2. The Morgan fingerprint density at radius 2 is 1.55 bits per heavy atom. The molecule has 0 aliphatic carbocycles. The van der Waals surface area contributed by atoms with Crippen LogP contribution >= 0.6 is 11.8 Å². The maximum atomic E-state index is 11.5. The van der Waals surface area contributed by atoms with E-state index < -0.39 is 11.6 Å². The van der Waals surface area contributed by atoms with E-state index in [0.29, 0.717) is 11.3 Å². The van der Waals surface area contributed by atoms with Gasteiger partial charge in [-0.05, 0) is 48.5 Å². The highest BCUT2D eigenvalue weighted by Gasteiger charge is 2.10. The minimum absolute atomic E-state index is 0.0121. The first kappa shape index (κ1) is 16.3. The first-order chi connectivity index (χ1) is 10.6. The van der Waals surface area contributed by atoms with Gasteiger partial charge in [-0.1, -0.05) is 11.8 Å². The monoisotopic (exact) mass is 316 g/mol. The largest absolute Gasteiger partial charge is 0.491 e. The van der Waals surface area contributed by atoms with Gasteiger partial charge in [0.05, 0.1) is 6.61 Å². The summed E-state index contributed by atoms with van der Waals surface area (Å²) in [6.07, 6.45) is 0. The highest BCUT2D eigenvalue weighted by Crippen LogP contribution is 2.29. The summed E-state index contributed by atoms with van der Waals surface area (Å²) in [4.78, 5) is 24.6. The van der Waals surface area contributed by atoms with Gasteiger partial charge in [-0.15, -0.1) is 0 Å². The third-order valence-corrected chi connectivity index (χ3v) is 3.87. The van der Waals surface area contributed by atoms with Crippen molar-refractivity contribution in [2.45, 2.75) is 16.7 Å². The first-order valence-electron chi connectivity index (χ1n) is 6.77. The molecule has 2 aromatic rings. The zero-order chi connectivity index (χ0) is 15.9. The van der Waals surface area contributed by atoms with Crippen molar-refractivity contribution in [3.05, 3.63) is 54.1 Å². The van der Waals surface area contributed by atoms with Crippen LogP contribution in [0.15, 0.2) is 58.3 Å². The van der Waals surface area contributed by atoms with Crippen molar-refractivity contribution >= 4 is 23.3 Å². The molecule has 0 amide bonds. The number of hydrogen-bond acceptors (Lipinski definition) is 5. The SMILES string of the molecule is CC(=O)C(=O)c1ccc(Sc2ccc(OCCO)cc2)cc1. The molecule has 0 bridgehead atoms. The Hall–Kier alpha value is -2.11. The molecule has 0 heterocycles. The van der Waals surface area contributed by atoms with Gasteiger partial charge in [0, 0.05) is 22.3 Å². The van der Waals surface area contributed by atoms with E-state index in [1.807, 2.05) is 36.4 Å². The fourth-order valence-electron chi connectivity index (χ4n) is 1.78. The van der Waals surface area contributed by atoms with E-state index in [2.05, 4.69) is 0 Å². The van der Waals surface area contributed by atoms with Crippen molar-refractivity contribution in [3.63, 3.8) is 0 Å². The second-order valence-electron chi connectivity index (χ2n) is 4.56. The molecule has 0 radical (unpaired) electrons. The molecule has 2 rings (SSSR count). The average Bonchev–Trinajstić information content (AvgIpc) is 2.54. The van der Waals surface area contributed by atoms with Gasteiger partial charge in [0.1, 0.15) is 12.4 Å². The quantitative estimate of drug-likeness (QED) is 0.628. The lowest BCUT2D eigenvalue weighted by Gasteiger charge is -2.06. The molecule has 22 heavy (non-hydrogen) atoms. The maximum absolute atomic E-state index is 11.5. The van der Waals surface area contributed by atoms with Crippen molar-refractivity contribution in [1.82, 2.24) is 0 Å². The molecule has 0 fully saturated rings. The molecule has 5 heteroatoms. The van der Waals surface area contributed by atoms with Gasteiger partial charge < -0.3 is 9.84 Å². The maximum Gasteiger partial charge on any atom is 0.228 e. The van der Waals surface area contributed by atoms with E-state index >= 15 is 0 Å². The van der Waals surface area contributed by atoms with Crippen molar-refractivity contribution in [2.75, 3.05) is 13.2 Å². The number of aliphatic hydroxyl groups is 1. The zero-order valence-electron chi connectivity index (χ0n) is 12.1. The van der Waals surface area contributed by atoms with Crippen LogP contribution in [0, 0.1) is 0 Å². The Bertz CT molecular complexity index is 647. The lowest BCUT2D eigenvalue weighted by atomic mass is 10.1. The molecule has 0 aliphatic rings. The van der Waals surface area contributed by atoms with Gasteiger partial charge >= 0.3 is 0 Å². The van der Waals surface area contributed by atoms with Crippen molar-refractivity contribution < 1.29 is 19.4 Å².